The van der Waals surface area contributed by atoms with Gasteiger partial charge >= 0.3 is 0 Å². The van der Waals surface area contributed by atoms with Crippen LogP contribution in [0.4, 0.5) is 0 Å². The van der Waals surface area contributed by atoms with Gasteiger partial charge in [0.05, 0.1) is 5.02 Å². The minimum Gasteiger partial charge on any atom is -0.294 e. The van der Waals surface area contributed by atoms with E-state index in [9.17, 15) is 0 Å². The molecular weight excluding hydrogens is 208 g/mol. The van der Waals surface area contributed by atoms with E-state index in [1.54, 1.807) is 12.4 Å². The molecule has 2 nitrogen and oxygen atoms in total. The molecule has 0 unspecified atom stereocenters. The van der Waals surface area contributed by atoms with E-state index >= 15 is 0 Å². The molecule has 0 bridgehead atoms. The molecule has 0 aliphatic carbocycles. The summed E-state index contributed by atoms with van der Waals surface area (Å²) >= 11 is 6.09. The fourth-order valence-corrected chi connectivity index (χ4v) is 1.87. The van der Waals surface area contributed by atoms with Crippen LogP contribution in [-0.2, 0) is 6.54 Å². The average molecular weight is 227 g/mol. The van der Waals surface area contributed by atoms with Gasteiger partial charge in [-0.05, 0) is 39.3 Å². The first kappa shape index (κ1) is 12.5. The zero-order chi connectivity index (χ0) is 11.4. The van der Waals surface area contributed by atoms with Crippen molar-refractivity contribution < 1.29 is 0 Å². The normalized spacial score (nSPS) is 11.7. The third-order valence-corrected chi connectivity index (χ3v) is 2.88. The molecule has 0 fully saturated rings. The van der Waals surface area contributed by atoms with E-state index in [1.165, 1.54) is 0 Å². The molecule has 3 heteroatoms. The summed E-state index contributed by atoms with van der Waals surface area (Å²) < 4.78 is 0. The van der Waals surface area contributed by atoms with Crippen molar-refractivity contribution in [2.24, 2.45) is 0 Å². The molecule has 0 saturated carbocycles. The zero-order valence-corrected chi connectivity index (χ0v) is 10.6. The molecule has 1 aromatic rings. The molecule has 1 heterocycles. The molecule has 1 rings (SSSR count). The van der Waals surface area contributed by atoms with Crippen LogP contribution in [0, 0.1) is 0 Å². The standard InChI is InChI=1S/C12H19ClN2/c1-9(2)15(10(3)4)8-11-5-6-14-7-12(11)13/h5-7,9-10H,8H2,1-4H3. The van der Waals surface area contributed by atoms with Crippen LogP contribution < -0.4 is 0 Å². The Kier molecular flexibility index (Phi) is 4.55. The highest BCUT2D eigenvalue weighted by atomic mass is 35.5. The highest BCUT2D eigenvalue weighted by molar-refractivity contribution is 6.31. The van der Waals surface area contributed by atoms with Crippen molar-refractivity contribution in [2.75, 3.05) is 0 Å². The molecule has 15 heavy (non-hydrogen) atoms. The van der Waals surface area contributed by atoms with Gasteiger partial charge in [-0.3, -0.25) is 9.88 Å². The van der Waals surface area contributed by atoms with Crippen molar-refractivity contribution in [1.82, 2.24) is 9.88 Å². The smallest absolute Gasteiger partial charge is 0.0634 e. The summed E-state index contributed by atoms with van der Waals surface area (Å²) in [5.41, 5.74) is 1.15. The van der Waals surface area contributed by atoms with Crippen LogP contribution in [0.3, 0.4) is 0 Å². The van der Waals surface area contributed by atoms with Gasteiger partial charge in [0, 0.05) is 31.0 Å². The fourth-order valence-electron chi connectivity index (χ4n) is 1.69. The van der Waals surface area contributed by atoms with E-state index in [-0.39, 0.29) is 0 Å². The summed E-state index contributed by atoms with van der Waals surface area (Å²) in [4.78, 5) is 6.40. The third-order valence-electron chi connectivity index (χ3n) is 2.54. The third kappa shape index (κ3) is 3.47. The van der Waals surface area contributed by atoms with Crippen molar-refractivity contribution in [1.29, 1.82) is 0 Å². The van der Waals surface area contributed by atoms with Crippen LogP contribution in [0.5, 0.6) is 0 Å². The minimum atomic E-state index is 0.522. The van der Waals surface area contributed by atoms with Crippen molar-refractivity contribution in [3.63, 3.8) is 0 Å². The van der Waals surface area contributed by atoms with Gasteiger partial charge in [-0.15, -0.1) is 0 Å². The molecule has 0 aliphatic rings. The monoisotopic (exact) mass is 226 g/mol. The van der Waals surface area contributed by atoms with Gasteiger partial charge in [0.15, 0.2) is 0 Å². The van der Waals surface area contributed by atoms with E-state index in [4.69, 9.17) is 11.6 Å². The lowest BCUT2D eigenvalue weighted by atomic mass is 10.2. The van der Waals surface area contributed by atoms with Crippen molar-refractivity contribution in [2.45, 2.75) is 46.3 Å². The van der Waals surface area contributed by atoms with Crippen LogP contribution in [0.2, 0.25) is 5.02 Å². The summed E-state index contributed by atoms with van der Waals surface area (Å²) in [5.74, 6) is 0. The van der Waals surface area contributed by atoms with Crippen molar-refractivity contribution >= 4 is 11.6 Å². The Balaban J connectivity index is 2.79. The van der Waals surface area contributed by atoms with Crippen molar-refractivity contribution in [3.05, 3.63) is 29.0 Å². The van der Waals surface area contributed by atoms with Crippen LogP contribution in [-0.4, -0.2) is 22.0 Å². The molecule has 0 N–H and O–H groups in total. The number of rotatable bonds is 4. The number of pyridine rings is 1. The molecule has 0 radical (unpaired) electrons. The molecule has 0 amide bonds. The molecule has 0 spiro atoms. The summed E-state index contributed by atoms with van der Waals surface area (Å²) in [6.45, 7) is 9.70. The van der Waals surface area contributed by atoms with Gasteiger partial charge in [0.25, 0.3) is 0 Å². The van der Waals surface area contributed by atoms with Crippen LogP contribution in [0.15, 0.2) is 18.5 Å². The molecule has 0 aliphatic heterocycles. The van der Waals surface area contributed by atoms with Crippen molar-refractivity contribution in [3.8, 4) is 0 Å². The lowest BCUT2D eigenvalue weighted by Gasteiger charge is -2.30. The summed E-state index contributed by atoms with van der Waals surface area (Å²) in [6.07, 6.45) is 3.50. The second kappa shape index (κ2) is 5.47. The summed E-state index contributed by atoms with van der Waals surface area (Å²) in [6, 6.07) is 3.03. The topological polar surface area (TPSA) is 16.1 Å². The largest absolute Gasteiger partial charge is 0.294 e. The summed E-state index contributed by atoms with van der Waals surface area (Å²) in [7, 11) is 0. The molecule has 84 valence electrons. The van der Waals surface area contributed by atoms with Gasteiger partial charge in [0.2, 0.25) is 0 Å². The Morgan fingerprint density at radius 1 is 1.27 bits per heavy atom. The average Bonchev–Trinajstić information content (AvgIpc) is 2.15. The number of hydrogen-bond acceptors (Lipinski definition) is 2. The number of nitrogens with zero attached hydrogens (tertiary/aromatic N) is 2. The number of aromatic nitrogens is 1. The molecule has 0 atom stereocenters. The van der Waals surface area contributed by atoms with E-state index in [2.05, 4.69) is 37.6 Å². The Bertz CT molecular complexity index is 302. The maximum Gasteiger partial charge on any atom is 0.0634 e. The molecule has 0 saturated heterocycles. The van der Waals surface area contributed by atoms with E-state index in [1.807, 2.05) is 6.07 Å². The fraction of sp³-hybridized carbons (Fsp3) is 0.583. The Morgan fingerprint density at radius 3 is 2.33 bits per heavy atom. The second-order valence-corrected chi connectivity index (χ2v) is 4.73. The number of halogens is 1. The zero-order valence-electron chi connectivity index (χ0n) is 9.87. The molecular formula is C12H19ClN2. The predicted octanol–water partition coefficient (Wildman–Crippen LogP) is 3.35. The minimum absolute atomic E-state index is 0.522. The van der Waals surface area contributed by atoms with E-state index < -0.39 is 0 Å². The SMILES string of the molecule is CC(C)N(Cc1ccncc1Cl)C(C)C. The van der Waals surface area contributed by atoms with Gasteiger partial charge in [-0.1, -0.05) is 11.6 Å². The van der Waals surface area contributed by atoms with Crippen LogP contribution in [0.1, 0.15) is 33.3 Å². The lowest BCUT2D eigenvalue weighted by molar-refractivity contribution is 0.166. The van der Waals surface area contributed by atoms with Gasteiger partial charge in [-0.2, -0.15) is 0 Å². The van der Waals surface area contributed by atoms with Crippen LogP contribution in [0.25, 0.3) is 0 Å². The van der Waals surface area contributed by atoms with E-state index in [0.29, 0.717) is 12.1 Å². The molecule has 0 aromatic carbocycles. The Morgan fingerprint density at radius 2 is 1.87 bits per heavy atom. The lowest BCUT2D eigenvalue weighted by Crippen LogP contribution is -2.36. The first-order chi connectivity index (χ1) is 7.02. The van der Waals surface area contributed by atoms with E-state index in [0.717, 1.165) is 17.1 Å². The summed E-state index contributed by atoms with van der Waals surface area (Å²) in [5, 5.41) is 0.754. The first-order valence-corrected chi connectivity index (χ1v) is 5.74. The quantitative estimate of drug-likeness (QED) is 0.783. The maximum atomic E-state index is 6.09. The maximum absolute atomic E-state index is 6.09. The highest BCUT2D eigenvalue weighted by Gasteiger charge is 2.14. The first-order valence-electron chi connectivity index (χ1n) is 5.36. The van der Waals surface area contributed by atoms with Gasteiger partial charge in [-0.25, -0.2) is 0 Å². The van der Waals surface area contributed by atoms with Gasteiger partial charge in [0.1, 0.15) is 0 Å². The molecule has 1 aromatic heterocycles. The number of hydrogen-bond donors (Lipinski definition) is 0. The Labute approximate surface area is 97.3 Å². The predicted molar refractivity (Wildman–Crippen MR) is 65.1 cm³/mol. The Hall–Kier alpha value is -0.600. The van der Waals surface area contributed by atoms with Crippen LogP contribution >= 0.6 is 11.6 Å². The highest BCUT2D eigenvalue weighted by Crippen LogP contribution is 2.18. The second-order valence-electron chi connectivity index (χ2n) is 4.33. The van der Waals surface area contributed by atoms with Gasteiger partial charge < -0.3 is 0 Å².